The highest BCUT2D eigenvalue weighted by Crippen LogP contribution is 2.37. The topological polar surface area (TPSA) is 104 Å². The number of ether oxygens (including phenoxy) is 2. The summed E-state index contributed by atoms with van der Waals surface area (Å²) in [6, 6.07) is 1.74. The number of halogens is 3. The third-order valence-electron chi connectivity index (χ3n) is 4.20. The highest BCUT2D eigenvalue weighted by atomic mass is 19.4. The molecule has 1 aliphatic carbocycles. The molecule has 0 radical (unpaired) electrons. The van der Waals surface area contributed by atoms with Crippen molar-refractivity contribution in [2.75, 3.05) is 19.8 Å². The lowest BCUT2D eigenvalue weighted by atomic mass is 9.92. The van der Waals surface area contributed by atoms with Crippen molar-refractivity contribution >= 4 is 11.8 Å². The molecule has 2 amide bonds. The summed E-state index contributed by atoms with van der Waals surface area (Å²) in [5.74, 6) is -1.74. The van der Waals surface area contributed by atoms with Crippen LogP contribution < -0.4 is 15.8 Å². The largest absolute Gasteiger partial charge is 0.477 e. The number of nitrogens with zero attached hydrogens (tertiary/aromatic N) is 1. The predicted molar refractivity (Wildman–Crippen MR) is 82.3 cm³/mol. The van der Waals surface area contributed by atoms with Crippen LogP contribution in [-0.2, 0) is 15.7 Å². The van der Waals surface area contributed by atoms with Gasteiger partial charge in [0, 0.05) is 0 Å². The second-order valence-electron chi connectivity index (χ2n) is 6.67. The average molecular weight is 373 g/mol. The molecular formula is C16H18F3N3O4. The van der Waals surface area contributed by atoms with Crippen molar-refractivity contribution < 1.29 is 32.2 Å². The van der Waals surface area contributed by atoms with Crippen LogP contribution in [0.3, 0.4) is 0 Å². The zero-order valence-electron chi connectivity index (χ0n) is 13.8. The maximum absolute atomic E-state index is 13.1. The molecule has 0 aromatic carbocycles. The molecule has 1 saturated heterocycles. The van der Waals surface area contributed by atoms with Crippen LogP contribution in [0.4, 0.5) is 13.2 Å². The minimum atomic E-state index is -4.64. The summed E-state index contributed by atoms with van der Waals surface area (Å²) in [4.78, 5) is 27.3. The maximum atomic E-state index is 13.1. The Bertz CT molecular complexity index is 715. The van der Waals surface area contributed by atoms with Gasteiger partial charge in [-0.25, -0.2) is 4.98 Å². The first-order valence-corrected chi connectivity index (χ1v) is 8.08. The van der Waals surface area contributed by atoms with E-state index in [0.29, 0.717) is 0 Å². The molecule has 2 aliphatic rings. The fourth-order valence-electron chi connectivity index (χ4n) is 2.58. The van der Waals surface area contributed by atoms with Gasteiger partial charge in [0.2, 0.25) is 11.8 Å². The molecule has 26 heavy (non-hydrogen) atoms. The monoisotopic (exact) mass is 373 g/mol. The summed E-state index contributed by atoms with van der Waals surface area (Å²) in [5.41, 5.74) is 2.94. The van der Waals surface area contributed by atoms with Crippen molar-refractivity contribution in [2.24, 2.45) is 11.7 Å². The second kappa shape index (κ2) is 6.75. The van der Waals surface area contributed by atoms with Gasteiger partial charge in [-0.1, -0.05) is 0 Å². The van der Waals surface area contributed by atoms with Crippen LogP contribution in [0.15, 0.2) is 12.1 Å². The Morgan fingerprint density at radius 1 is 1.35 bits per heavy atom. The van der Waals surface area contributed by atoms with E-state index in [4.69, 9.17) is 15.2 Å². The van der Waals surface area contributed by atoms with Crippen LogP contribution in [0, 0.1) is 5.92 Å². The third kappa shape index (κ3) is 4.24. The Balaban J connectivity index is 1.78. The first-order valence-electron chi connectivity index (χ1n) is 8.08. The zero-order chi connectivity index (χ0) is 18.9. The fourth-order valence-corrected chi connectivity index (χ4v) is 2.58. The number of carbonyl (C=O) groups excluding carboxylic acids is 2. The van der Waals surface area contributed by atoms with Crippen LogP contribution in [0.1, 0.15) is 35.3 Å². The van der Waals surface area contributed by atoms with E-state index >= 15 is 0 Å². The number of amides is 2. The van der Waals surface area contributed by atoms with Gasteiger partial charge in [-0.15, -0.1) is 0 Å². The molecule has 10 heteroatoms. The zero-order valence-corrected chi connectivity index (χ0v) is 13.8. The van der Waals surface area contributed by atoms with E-state index in [0.717, 1.165) is 25.0 Å². The lowest BCUT2D eigenvalue weighted by molar-refractivity contribution is -0.139. The normalized spacial score (nSPS) is 18.7. The van der Waals surface area contributed by atoms with E-state index in [2.05, 4.69) is 10.3 Å². The van der Waals surface area contributed by atoms with E-state index in [-0.39, 0.29) is 37.9 Å². The highest BCUT2D eigenvalue weighted by molar-refractivity contribution is 5.93. The van der Waals surface area contributed by atoms with Crippen LogP contribution in [0.25, 0.3) is 0 Å². The second-order valence-corrected chi connectivity index (χ2v) is 6.67. The van der Waals surface area contributed by atoms with Crippen molar-refractivity contribution in [3.63, 3.8) is 0 Å². The Labute approximate surface area is 147 Å². The lowest BCUT2D eigenvalue weighted by Crippen LogP contribution is -2.63. The van der Waals surface area contributed by atoms with Crippen molar-refractivity contribution in [2.45, 2.75) is 31.0 Å². The molecule has 1 aliphatic heterocycles. The third-order valence-corrected chi connectivity index (χ3v) is 4.20. The van der Waals surface area contributed by atoms with Crippen molar-refractivity contribution in [1.82, 2.24) is 10.3 Å². The molecule has 2 heterocycles. The van der Waals surface area contributed by atoms with Crippen LogP contribution >= 0.6 is 0 Å². The number of hydrogen-bond acceptors (Lipinski definition) is 5. The number of alkyl halides is 3. The maximum Gasteiger partial charge on any atom is 0.421 e. The Morgan fingerprint density at radius 2 is 2.04 bits per heavy atom. The first kappa shape index (κ1) is 18.4. The number of rotatable bonds is 7. The molecule has 0 unspecified atom stereocenters. The standard InChI is InChI=1S/C16H18F3N3O4/c17-16(18,19)10-3-4-11(21-14(10)26-6-9-1-2-9)13(24)22-15(5-12(20)23)7-25-8-15/h3-4,9H,1-2,5-8H2,(H2,20,23)(H,22,24). The van der Waals surface area contributed by atoms with Gasteiger partial charge in [-0.05, 0) is 30.9 Å². The lowest BCUT2D eigenvalue weighted by Gasteiger charge is -2.41. The molecule has 0 atom stereocenters. The van der Waals surface area contributed by atoms with Gasteiger partial charge in [-0.3, -0.25) is 9.59 Å². The van der Waals surface area contributed by atoms with Crippen LogP contribution in [-0.4, -0.2) is 42.2 Å². The molecule has 1 saturated carbocycles. The van der Waals surface area contributed by atoms with Gasteiger partial charge in [0.05, 0.1) is 31.8 Å². The number of pyridine rings is 1. The summed E-state index contributed by atoms with van der Waals surface area (Å²) >= 11 is 0. The number of primary amides is 1. The molecule has 0 bridgehead atoms. The van der Waals surface area contributed by atoms with Gasteiger partial charge < -0.3 is 20.5 Å². The van der Waals surface area contributed by atoms with Crippen LogP contribution in [0.2, 0.25) is 0 Å². The molecule has 2 fully saturated rings. The summed E-state index contributed by atoms with van der Waals surface area (Å²) in [6.45, 7) is 0.307. The Morgan fingerprint density at radius 3 is 2.54 bits per heavy atom. The molecule has 3 N–H and O–H groups in total. The summed E-state index contributed by atoms with van der Waals surface area (Å²) < 4.78 is 49.6. The first-order chi connectivity index (χ1) is 12.2. The molecule has 7 nitrogen and oxygen atoms in total. The van der Waals surface area contributed by atoms with Crippen molar-refractivity contribution in [3.05, 3.63) is 23.4 Å². The van der Waals surface area contributed by atoms with E-state index < -0.39 is 35.0 Å². The Hall–Kier alpha value is -2.36. The van der Waals surface area contributed by atoms with Gasteiger partial charge in [0.15, 0.2) is 0 Å². The van der Waals surface area contributed by atoms with Gasteiger partial charge >= 0.3 is 6.18 Å². The molecule has 1 aromatic rings. The summed E-state index contributed by atoms with van der Waals surface area (Å²) in [7, 11) is 0. The quantitative estimate of drug-likeness (QED) is 0.749. The number of hydrogen-bond donors (Lipinski definition) is 2. The van der Waals surface area contributed by atoms with Gasteiger partial charge in [0.1, 0.15) is 11.3 Å². The van der Waals surface area contributed by atoms with Crippen molar-refractivity contribution in [1.29, 1.82) is 0 Å². The molecule has 1 aromatic heterocycles. The minimum Gasteiger partial charge on any atom is -0.477 e. The van der Waals surface area contributed by atoms with E-state index in [1.807, 2.05) is 0 Å². The SMILES string of the molecule is NC(=O)CC1(NC(=O)c2ccc(C(F)(F)F)c(OCC3CC3)n2)COC1. The molecular weight excluding hydrogens is 355 g/mol. The highest BCUT2D eigenvalue weighted by Gasteiger charge is 2.42. The number of nitrogens with one attached hydrogen (secondary N) is 1. The number of nitrogens with two attached hydrogens (primary N) is 1. The van der Waals surface area contributed by atoms with E-state index in [1.54, 1.807) is 0 Å². The van der Waals surface area contributed by atoms with Crippen LogP contribution in [0.5, 0.6) is 5.88 Å². The summed E-state index contributed by atoms with van der Waals surface area (Å²) in [5, 5.41) is 2.58. The van der Waals surface area contributed by atoms with Gasteiger partial charge in [-0.2, -0.15) is 13.2 Å². The van der Waals surface area contributed by atoms with Crippen molar-refractivity contribution in [3.8, 4) is 5.88 Å². The van der Waals surface area contributed by atoms with E-state index in [1.165, 1.54) is 0 Å². The predicted octanol–water partition coefficient (Wildman–Crippen LogP) is 1.26. The molecule has 0 spiro atoms. The Kier molecular flexibility index (Phi) is 4.78. The molecule has 142 valence electrons. The fraction of sp³-hybridized carbons (Fsp3) is 0.562. The van der Waals surface area contributed by atoms with E-state index in [9.17, 15) is 22.8 Å². The average Bonchev–Trinajstić information content (AvgIpc) is 3.33. The smallest absolute Gasteiger partial charge is 0.421 e. The molecule has 3 rings (SSSR count). The summed E-state index contributed by atoms with van der Waals surface area (Å²) in [6.07, 6.45) is -2.98. The number of aromatic nitrogens is 1. The van der Waals surface area contributed by atoms with Gasteiger partial charge in [0.25, 0.3) is 5.91 Å². The minimum absolute atomic E-state index is 0.0906. The number of carbonyl (C=O) groups is 2.